The van der Waals surface area contributed by atoms with Crippen molar-refractivity contribution in [2.45, 2.75) is 20.8 Å². The van der Waals surface area contributed by atoms with Crippen LogP contribution in [0.2, 0.25) is 0 Å². The van der Waals surface area contributed by atoms with Crippen LogP contribution in [0.25, 0.3) is 11.1 Å². The largest absolute Gasteiger partial charge is 0.399 e. The van der Waals surface area contributed by atoms with Crippen molar-refractivity contribution in [1.82, 2.24) is 4.98 Å². The van der Waals surface area contributed by atoms with Crippen molar-refractivity contribution < 1.29 is 0 Å². The standard InChI is InChI=1S/C14H16N2/c1-9-6-13(15)4-5-14(9)12-7-10(2)16-11(3)8-12/h4-8H,15H2,1-3H3. The highest BCUT2D eigenvalue weighted by molar-refractivity contribution is 5.70. The van der Waals surface area contributed by atoms with Gasteiger partial charge in [-0.15, -0.1) is 0 Å². The lowest BCUT2D eigenvalue weighted by Gasteiger charge is -2.08. The molecule has 0 aliphatic carbocycles. The molecule has 0 aliphatic heterocycles. The Labute approximate surface area is 96.1 Å². The first-order valence-corrected chi connectivity index (χ1v) is 5.38. The summed E-state index contributed by atoms with van der Waals surface area (Å²) < 4.78 is 0. The van der Waals surface area contributed by atoms with E-state index < -0.39 is 0 Å². The molecule has 2 rings (SSSR count). The Kier molecular flexibility index (Phi) is 2.65. The lowest BCUT2D eigenvalue weighted by Crippen LogP contribution is -1.91. The quantitative estimate of drug-likeness (QED) is 0.737. The zero-order valence-electron chi connectivity index (χ0n) is 9.91. The zero-order valence-corrected chi connectivity index (χ0v) is 9.91. The van der Waals surface area contributed by atoms with E-state index in [-0.39, 0.29) is 0 Å². The summed E-state index contributed by atoms with van der Waals surface area (Å²) in [5.41, 5.74) is 12.3. The minimum absolute atomic E-state index is 0.809. The molecule has 0 saturated heterocycles. The Balaban J connectivity index is 2.58. The van der Waals surface area contributed by atoms with Crippen LogP contribution in [-0.2, 0) is 0 Å². The summed E-state index contributed by atoms with van der Waals surface area (Å²) in [5, 5.41) is 0. The molecule has 0 radical (unpaired) electrons. The molecular formula is C14H16N2. The van der Waals surface area contributed by atoms with Gasteiger partial charge in [0.2, 0.25) is 0 Å². The highest BCUT2D eigenvalue weighted by Crippen LogP contribution is 2.25. The summed E-state index contributed by atoms with van der Waals surface area (Å²) in [6.07, 6.45) is 0. The smallest absolute Gasteiger partial charge is 0.0382 e. The molecule has 0 amide bonds. The number of nitrogens with zero attached hydrogens (tertiary/aromatic N) is 1. The average Bonchev–Trinajstić information content (AvgIpc) is 2.15. The van der Waals surface area contributed by atoms with Crippen LogP contribution >= 0.6 is 0 Å². The van der Waals surface area contributed by atoms with Gasteiger partial charge in [-0.05, 0) is 61.7 Å². The number of hydrogen-bond acceptors (Lipinski definition) is 2. The van der Waals surface area contributed by atoms with Gasteiger partial charge in [0.1, 0.15) is 0 Å². The predicted molar refractivity (Wildman–Crippen MR) is 68.3 cm³/mol. The fraction of sp³-hybridized carbons (Fsp3) is 0.214. The topological polar surface area (TPSA) is 38.9 Å². The zero-order chi connectivity index (χ0) is 11.7. The Morgan fingerprint density at radius 3 is 2.12 bits per heavy atom. The SMILES string of the molecule is Cc1cc(-c2ccc(N)cc2C)cc(C)n1. The van der Waals surface area contributed by atoms with Crippen LogP contribution in [-0.4, -0.2) is 4.98 Å². The van der Waals surface area contributed by atoms with Gasteiger partial charge in [-0.2, -0.15) is 0 Å². The summed E-state index contributed by atoms with van der Waals surface area (Å²) in [5.74, 6) is 0. The first kappa shape index (κ1) is 10.7. The Morgan fingerprint density at radius 1 is 0.938 bits per heavy atom. The molecule has 0 aliphatic rings. The van der Waals surface area contributed by atoms with Crippen LogP contribution in [0.1, 0.15) is 17.0 Å². The van der Waals surface area contributed by atoms with Crippen molar-refractivity contribution in [3.05, 3.63) is 47.3 Å². The van der Waals surface area contributed by atoms with Crippen LogP contribution in [0.3, 0.4) is 0 Å². The number of anilines is 1. The lowest BCUT2D eigenvalue weighted by atomic mass is 9.99. The van der Waals surface area contributed by atoms with Crippen molar-refractivity contribution in [2.75, 3.05) is 5.73 Å². The molecule has 0 saturated carbocycles. The van der Waals surface area contributed by atoms with Crippen LogP contribution in [0.5, 0.6) is 0 Å². The second-order valence-electron chi connectivity index (χ2n) is 4.21. The van der Waals surface area contributed by atoms with Crippen molar-refractivity contribution >= 4 is 5.69 Å². The molecule has 2 aromatic rings. The molecule has 0 spiro atoms. The van der Waals surface area contributed by atoms with Crippen LogP contribution in [0.4, 0.5) is 5.69 Å². The molecule has 2 heteroatoms. The summed E-state index contributed by atoms with van der Waals surface area (Å²) in [7, 11) is 0. The van der Waals surface area contributed by atoms with Crippen LogP contribution in [0, 0.1) is 20.8 Å². The maximum atomic E-state index is 5.75. The van der Waals surface area contributed by atoms with E-state index in [0.717, 1.165) is 17.1 Å². The lowest BCUT2D eigenvalue weighted by molar-refractivity contribution is 1.12. The van der Waals surface area contributed by atoms with Gasteiger partial charge < -0.3 is 5.73 Å². The van der Waals surface area contributed by atoms with Gasteiger partial charge in [0.05, 0.1) is 0 Å². The van der Waals surface area contributed by atoms with Gasteiger partial charge in [0.25, 0.3) is 0 Å². The molecule has 0 fully saturated rings. The maximum absolute atomic E-state index is 5.75. The summed E-state index contributed by atoms with van der Waals surface area (Å²) in [6.45, 7) is 6.11. The molecule has 1 aromatic heterocycles. The summed E-state index contributed by atoms with van der Waals surface area (Å²) >= 11 is 0. The van der Waals surface area contributed by atoms with E-state index in [9.17, 15) is 0 Å². The average molecular weight is 212 g/mol. The minimum Gasteiger partial charge on any atom is -0.399 e. The molecular weight excluding hydrogens is 196 g/mol. The highest BCUT2D eigenvalue weighted by atomic mass is 14.7. The summed E-state index contributed by atoms with van der Waals surface area (Å²) in [4.78, 5) is 4.38. The molecule has 2 N–H and O–H groups in total. The highest BCUT2D eigenvalue weighted by Gasteiger charge is 2.03. The maximum Gasteiger partial charge on any atom is 0.0382 e. The third-order valence-electron chi connectivity index (χ3n) is 2.64. The first-order chi connectivity index (χ1) is 7.56. The van der Waals surface area contributed by atoms with Crippen LogP contribution in [0.15, 0.2) is 30.3 Å². The van der Waals surface area contributed by atoms with Crippen molar-refractivity contribution in [3.63, 3.8) is 0 Å². The molecule has 0 unspecified atom stereocenters. The molecule has 2 nitrogen and oxygen atoms in total. The number of nitrogen functional groups attached to an aromatic ring is 1. The van der Waals surface area contributed by atoms with Gasteiger partial charge in [-0.1, -0.05) is 6.07 Å². The van der Waals surface area contributed by atoms with Crippen LogP contribution < -0.4 is 5.73 Å². The second kappa shape index (κ2) is 3.97. The number of hydrogen-bond donors (Lipinski definition) is 1. The van der Waals surface area contributed by atoms with Gasteiger partial charge in [-0.3, -0.25) is 4.98 Å². The van der Waals surface area contributed by atoms with E-state index >= 15 is 0 Å². The Bertz CT molecular complexity index is 510. The summed E-state index contributed by atoms with van der Waals surface area (Å²) in [6, 6.07) is 10.2. The third kappa shape index (κ3) is 2.06. The van der Waals surface area contributed by atoms with E-state index in [4.69, 9.17) is 5.73 Å². The molecule has 16 heavy (non-hydrogen) atoms. The number of pyridine rings is 1. The monoisotopic (exact) mass is 212 g/mol. The van der Waals surface area contributed by atoms with E-state index in [1.165, 1.54) is 16.7 Å². The molecule has 0 bridgehead atoms. The molecule has 1 heterocycles. The third-order valence-corrected chi connectivity index (χ3v) is 2.64. The number of aryl methyl sites for hydroxylation is 3. The number of nitrogens with two attached hydrogens (primary N) is 1. The van der Waals surface area contributed by atoms with Gasteiger partial charge in [0.15, 0.2) is 0 Å². The first-order valence-electron chi connectivity index (χ1n) is 5.38. The van der Waals surface area contributed by atoms with Gasteiger partial charge >= 0.3 is 0 Å². The Morgan fingerprint density at radius 2 is 1.56 bits per heavy atom. The van der Waals surface area contributed by atoms with Gasteiger partial charge in [0, 0.05) is 17.1 Å². The Hall–Kier alpha value is -1.83. The van der Waals surface area contributed by atoms with E-state index in [0.29, 0.717) is 0 Å². The number of rotatable bonds is 1. The van der Waals surface area contributed by atoms with Crippen molar-refractivity contribution in [1.29, 1.82) is 0 Å². The number of aromatic nitrogens is 1. The molecule has 1 aromatic carbocycles. The number of benzene rings is 1. The second-order valence-corrected chi connectivity index (χ2v) is 4.21. The van der Waals surface area contributed by atoms with Crippen molar-refractivity contribution in [3.8, 4) is 11.1 Å². The normalized spacial score (nSPS) is 10.4. The van der Waals surface area contributed by atoms with E-state index in [2.05, 4.69) is 30.1 Å². The molecule has 0 atom stereocenters. The fourth-order valence-corrected chi connectivity index (χ4v) is 2.00. The molecule has 82 valence electrons. The van der Waals surface area contributed by atoms with Crippen molar-refractivity contribution in [2.24, 2.45) is 0 Å². The predicted octanol–water partition coefficient (Wildman–Crippen LogP) is 3.26. The van der Waals surface area contributed by atoms with E-state index in [1.54, 1.807) is 0 Å². The van der Waals surface area contributed by atoms with Gasteiger partial charge in [-0.25, -0.2) is 0 Å². The minimum atomic E-state index is 0.809. The van der Waals surface area contributed by atoms with E-state index in [1.807, 2.05) is 26.0 Å². The fourth-order valence-electron chi connectivity index (χ4n) is 2.00.